The summed E-state index contributed by atoms with van der Waals surface area (Å²) in [5.41, 5.74) is 0.922. The third-order valence-corrected chi connectivity index (χ3v) is 1.91. The normalized spacial score (nSPS) is 10.6. The standard InChI is InChI=1S/C10H12ClNO2/c1-6(2)3-8-4-7(10(13)14)5-9(11)12-8/h4-6H,3H2,1-2H3,(H,13,14). The van der Waals surface area contributed by atoms with Gasteiger partial charge >= 0.3 is 5.97 Å². The van der Waals surface area contributed by atoms with Crippen LogP contribution in [0.4, 0.5) is 0 Å². The van der Waals surface area contributed by atoms with Crippen molar-refractivity contribution in [2.45, 2.75) is 20.3 Å². The summed E-state index contributed by atoms with van der Waals surface area (Å²) in [7, 11) is 0. The largest absolute Gasteiger partial charge is 0.478 e. The van der Waals surface area contributed by atoms with Crippen LogP contribution in [0.25, 0.3) is 0 Å². The Kier molecular flexibility index (Phi) is 3.47. The first-order valence-electron chi connectivity index (χ1n) is 4.39. The van der Waals surface area contributed by atoms with Crippen LogP contribution >= 0.6 is 11.6 Å². The van der Waals surface area contributed by atoms with Gasteiger partial charge in [0.15, 0.2) is 0 Å². The fraction of sp³-hybridized carbons (Fsp3) is 0.400. The van der Waals surface area contributed by atoms with Gasteiger partial charge in [-0.15, -0.1) is 0 Å². The van der Waals surface area contributed by atoms with Crippen molar-refractivity contribution in [2.24, 2.45) is 5.92 Å². The van der Waals surface area contributed by atoms with Gasteiger partial charge in [0, 0.05) is 5.69 Å². The zero-order valence-electron chi connectivity index (χ0n) is 8.12. The lowest BCUT2D eigenvalue weighted by atomic mass is 10.1. The van der Waals surface area contributed by atoms with Crippen LogP contribution in [0.3, 0.4) is 0 Å². The Morgan fingerprint density at radius 1 is 1.57 bits per heavy atom. The van der Waals surface area contributed by atoms with Gasteiger partial charge in [0.05, 0.1) is 5.56 Å². The first-order valence-corrected chi connectivity index (χ1v) is 4.76. The number of rotatable bonds is 3. The van der Waals surface area contributed by atoms with Crippen molar-refractivity contribution in [2.75, 3.05) is 0 Å². The molecule has 0 radical (unpaired) electrons. The molecule has 0 amide bonds. The molecule has 14 heavy (non-hydrogen) atoms. The van der Waals surface area contributed by atoms with E-state index in [1.54, 1.807) is 6.07 Å². The number of carbonyl (C=O) groups is 1. The van der Waals surface area contributed by atoms with E-state index in [-0.39, 0.29) is 10.7 Å². The number of aromatic nitrogens is 1. The highest BCUT2D eigenvalue weighted by Gasteiger charge is 2.08. The second-order valence-electron chi connectivity index (χ2n) is 3.57. The molecule has 1 aromatic rings. The molecule has 0 aliphatic heterocycles. The summed E-state index contributed by atoms with van der Waals surface area (Å²) in [5, 5.41) is 9.02. The lowest BCUT2D eigenvalue weighted by Gasteiger charge is -2.05. The highest BCUT2D eigenvalue weighted by atomic mass is 35.5. The molecule has 4 heteroatoms. The lowest BCUT2D eigenvalue weighted by molar-refractivity contribution is 0.0696. The Balaban J connectivity index is 3.01. The molecule has 0 spiro atoms. The van der Waals surface area contributed by atoms with Gasteiger partial charge in [0.25, 0.3) is 0 Å². The van der Waals surface area contributed by atoms with Crippen LogP contribution in [0, 0.1) is 5.92 Å². The number of carboxylic acid groups (broad SMARTS) is 1. The number of nitrogens with zero attached hydrogens (tertiary/aromatic N) is 1. The minimum Gasteiger partial charge on any atom is -0.478 e. The molecule has 0 atom stereocenters. The summed E-state index contributed by atoms with van der Waals surface area (Å²) in [6, 6.07) is 2.92. The van der Waals surface area contributed by atoms with E-state index in [1.807, 2.05) is 13.8 Å². The minimum absolute atomic E-state index is 0.195. The first kappa shape index (κ1) is 11.0. The molecule has 0 saturated carbocycles. The van der Waals surface area contributed by atoms with Gasteiger partial charge in [-0.3, -0.25) is 0 Å². The van der Waals surface area contributed by atoms with E-state index in [0.717, 1.165) is 12.1 Å². The van der Waals surface area contributed by atoms with Gasteiger partial charge in [-0.1, -0.05) is 25.4 Å². The van der Waals surface area contributed by atoms with E-state index >= 15 is 0 Å². The molecule has 3 nitrogen and oxygen atoms in total. The highest BCUT2D eigenvalue weighted by Crippen LogP contribution is 2.13. The Hall–Kier alpha value is -1.09. The summed E-state index contributed by atoms with van der Waals surface area (Å²) in [4.78, 5) is 14.8. The fourth-order valence-corrected chi connectivity index (χ4v) is 1.42. The fourth-order valence-electron chi connectivity index (χ4n) is 1.20. The molecule has 1 N–H and O–H groups in total. The van der Waals surface area contributed by atoms with E-state index < -0.39 is 5.97 Å². The maximum Gasteiger partial charge on any atom is 0.335 e. The molecule has 0 aliphatic rings. The molecular weight excluding hydrogens is 202 g/mol. The monoisotopic (exact) mass is 213 g/mol. The molecule has 1 aromatic heterocycles. The Morgan fingerprint density at radius 2 is 2.21 bits per heavy atom. The summed E-state index contributed by atoms with van der Waals surface area (Å²) in [5.74, 6) is -0.540. The summed E-state index contributed by atoms with van der Waals surface area (Å²) in [6.07, 6.45) is 0.737. The molecule has 1 rings (SSSR count). The van der Waals surface area contributed by atoms with Crippen LogP contribution in [-0.2, 0) is 6.42 Å². The van der Waals surface area contributed by atoms with E-state index in [0.29, 0.717) is 5.92 Å². The summed E-state index contributed by atoms with van der Waals surface area (Å²) >= 11 is 5.70. The van der Waals surface area contributed by atoms with Gasteiger partial charge in [0.1, 0.15) is 5.15 Å². The van der Waals surface area contributed by atoms with Gasteiger partial charge in [-0.05, 0) is 24.5 Å². The van der Waals surface area contributed by atoms with E-state index in [4.69, 9.17) is 16.7 Å². The Labute approximate surface area is 87.7 Å². The second kappa shape index (κ2) is 4.42. The minimum atomic E-state index is -0.973. The van der Waals surface area contributed by atoms with Crippen molar-refractivity contribution in [3.8, 4) is 0 Å². The van der Waals surface area contributed by atoms with Crippen molar-refractivity contribution in [3.63, 3.8) is 0 Å². The number of halogens is 1. The summed E-state index contributed by atoms with van der Waals surface area (Å²) < 4.78 is 0. The van der Waals surface area contributed by atoms with Crippen molar-refractivity contribution in [1.82, 2.24) is 4.98 Å². The average Bonchev–Trinajstić information content (AvgIpc) is 2.01. The predicted octanol–water partition coefficient (Wildman–Crippen LogP) is 2.63. The van der Waals surface area contributed by atoms with E-state index in [9.17, 15) is 4.79 Å². The molecule has 76 valence electrons. The van der Waals surface area contributed by atoms with Gasteiger partial charge in [-0.25, -0.2) is 9.78 Å². The van der Waals surface area contributed by atoms with Gasteiger partial charge in [-0.2, -0.15) is 0 Å². The molecule has 0 fully saturated rings. The SMILES string of the molecule is CC(C)Cc1cc(C(=O)O)cc(Cl)n1. The van der Waals surface area contributed by atoms with Crippen LogP contribution in [0.5, 0.6) is 0 Å². The van der Waals surface area contributed by atoms with E-state index in [1.165, 1.54) is 6.07 Å². The maximum atomic E-state index is 10.7. The van der Waals surface area contributed by atoms with Crippen LogP contribution in [-0.4, -0.2) is 16.1 Å². The molecule has 0 saturated heterocycles. The van der Waals surface area contributed by atoms with Crippen molar-refractivity contribution >= 4 is 17.6 Å². The maximum absolute atomic E-state index is 10.7. The van der Waals surface area contributed by atoms with Gasteiger partial charge < -0.3 is 5.11 Å². The third-order valence-electron chi connectivity index (χ3n) is 1.71. The molecule has 0 unspecified atom stereocenters. The number of aromatic carboxylic acids is 1. The average molecular weight is 214 g/mol. The van der Waals surface area contributed by atoms with Crippen LogP contribution in [0.1, 0.15) is 29.9 Å². The van der Waals surface area contributed by atoms with Crippen molar-refractivity contribution < 1.29 is 9.90 Å². The molecular formula is C10H12ClNO2. The van der Waals surface area contributed by atoms with Crippen LogP contribution < -0.4 is 0 Å². The van der Waals surface area contributed by atoms with Gasteiger partial charge in [0.2, 0.25) is 0 Å². The van der Waals surface area contributed by atoms with Crippen molar-refractivity contribution in [3.05, 3.63) is 28.5 Å². The van der Waals surface area contributed by atoms with Crippen LogP contribution in [0.2, 0.25) is 5.15 Å². The molecule has 0 aliphatic carbocycles. The highest BCUT2D eigenvalue weighted by molar-refractivity contribution is 6.29. The quantitative estimate of drug-likeness (QED) is 0.786. The lowest BCUT2D eigenvalue weighted by Crippen LogP contribution is -2.02. The van der Waals surface area contributed by atoms with Crippen molar-refractivity contribution in [1.29, 1.82) is 0 Å². The smallest absolute Gasteiger partial charge is 0.335 e. The Morgan fingerprint density at radius 3 is 2.71 bits per heavy atom. The number of hydrogen-bond donors (Lipinski definition) is 1. The van der Waals surface area contributed by atoms with E-state index in [2.05, 4.69) is 4.98 Å². The molecule has 0 aromatic carbocycles. The third kappa shape index (κ3) is 3.00. The number of hydrogen-bond acceptors (Lipinski definition) is 2. The topological polar surface area (TPSA) is 50.2 Å². The summed E-state index contributed by atoms with van der Waals surface area (Å²) in [6.45, 7) is 4.09. The number of pyridine rings is 1. The Bertz CT molecular complexity index is 350. The predicted molar refractivity (Wildman–Crippen MR) is 54.7 cm³/mol. The zero-order chi connectivity index (χ0) is 10.7. The second-order valence-corrected chi connectivity index (χ2v) is 3.96. The first-order chi connectivity index (χ1) is 6.49. The molecule has 1 heterocycles. The zero-order valence-corrected chi connectivity index (χ0v) is 8.88. The van der Waals surface area contributed by atoms with Crippen LogP contribution in [0.15, 0.2) is 12.1 Å². The molecule has 0 bridgehead atoms. The number of carboxylic acids is 1.